The van der Waals surface area contributed by atoms with Crippen LogP contribution in [0.4, 0.5) is 0 Å². The van der Waals surface area contributed by atoms with Crippen molar-refractivity contribution in [3.05, 3.63) is 62.5 Å². The van der Waals surface area contributed by atoms with Gasteiger partial charge in [-0.1, -0.05) is 37.3 Å². The van der Waals surface area contributed by atoms with Gasteiger partial charge in [-0.25, -0.2) is 9.78 Å². The van der Waals surface area contributed by atoms with Crippen molar-refractivity contribution < 1.29 is 9.53 Å². The van der Waals surface area contributed by atoms with E-state index < -0.39 is 5.97 Å². The zero-order valence-electron chi connectivity index (χ0n) is 15.5. The molecule has 1 aliphatic rings. The summed E-state index contributed by atoms with van der Waals surface area (Å²) in [4.78, 5) is 32.4. The van der Waals surface area contributed by atoms with Gasteiger partial charge in [-0.3, -0.25) is 9.36 Å². The average molecular weight is 382 g/mol. The zero-order chi connectivity index (χ0) is 19.0. The van der Waals surface area contributed by atoms with Crippen LogP contribution in [0.15, 0.2) is 35.1 Å². The number of hydrogen-bond acceptors (Lipinski definition) is 5. The summed E-state index contributed by atoms with van der Waals surface area (Å²) >= 11 is 1.55. The van der Waals surface area contributed by atoms with E-state index in [1.165, 1.54) is 9.44 Å². The molecule has 2 heterocycles. The Hall–Kier alpha value is -2.47. The lowest BCUT2D eigenvalue weighted by Gasteiger charge is -2.17. The molecule has 1 aromatic carbocycles. The predicted molar refractivity (Wildman–Crippen MR) is 107 cm³/mol. The molecule has 6 heteroatoms. The van der Waals surface area contributed by atoms with Crippen LogP contribution in [-0.2, 0) is 24.1 Å². The van der Waals surface area contributed by atoms with Gasteiger partial charge in [-0.2, -0.15) is 0 Å². The number of aryl methyl sites for hydroxylation is 1. The summed E-state index contributed by atoms with van der Waals surface area (Å²) in [5.74, 6) is 0.152. The molecule has 1 atom stereocenters. The Bertz CT molecular complexity index is 1050. The van der Waals surface area contributed by atoms with Gasteiger partial charge in [-0.05, 0) is 43.2 Å². The molecule has 5 nitrogen and oxygen atoms in total. The molecule has 140 valence electrons. The smallest absolute Gasteiger partial charge is 0.374 e. The highest BCUT2D eigenvalue weighted by atomic mass is 32.1. The standard InChI is InChI=1S/C21H22N2O3S/c1-3-26-21(25)18-22-19-17(15-10-9-13(2)11-16(15)27-19)20(24)23(18)12-14-7-5-4-6-8-14/h4-8,13H,3,9-12H2,1-2H3. The Morgan fingerprint density at radius 2 is 2.11 bits per heavy atom. The minimum absolute atomic E-state index is 0.0878. The van der Waals surface area contributed by atoms with Crippen LogP contribution in [0, 0.1) is 5.92 Å². The Morgan fingerprint density at radius 1 is 1.33 bits per heavy atom. The average Bonchev–Trinajstić information content (AvgIpc) is 3.02. The summed E-state index contributed by atoms with van der Waals surface area (Å²) in [5, 5.41) is 0.686. The normalized spacial score (nSPS) is 16.3. The quantitative estimate of drug-likeness (QED) is 0.644. The van der Waals surface area contributed by atoms with Gasteiger partial charge in [0.15, 0.2) is 0 Å². The molecule has 2 aromatic heterocycles. The highest BCUT2D eigenvalue weighted by molar-refractivity contribution is 7.18. The number of rotatable bonds is 4. The fraction of sp³-hybridized carbons (Fsp3) is 0.381. The van der Waals surface area contributed by atoms with Gasteiger partial charge in [0.25, 0.3) is 5.56 Å². The van der Waals surface area contributed by atoms with Crippen LogP contribution in [0.2, 0.25) is 0 Å². The predicted octanol–water partition coefficient (Wildman–Crippen LogP) is 3.81. The molecule has 0 aliphatic heterocycles. The van der Waals surface area contributed by atoms with E-state index in [1.807, 2.05) is 30.3 Å². The topological polar surface area (TPSA) is 61.2 Å². The van der Waals surface area contributed by atoms with Crippen LogP contribution in [0.25, 0.3) is 10.2 Å². The minimum Gasteiger partial charge on any atom is -0.460 e. The van der Waals surface area contributed by atoms with Gasteiger partial charge in [0.1, 0.15) is 4.83 Å². The first kappa shape index (κ1) is 17.9. The fourth-order valence-electron chi connectivity index (χ4n) is 3.69. The van der Waals surface area contributed by atoms with Crippen molar-refractivity contribution in [2.24, 2.45) is 5.92 Å². The van der Waals surface area contributed by atoms with E-state index in [2.05, 4.69) is 11.9 Å². The molecule has 0 saturated heterocycles. The number of fused-ring (bicyclic) bond motifs is 3. The largest absolute Gasteiger partial charge is 0.460 e. The number of hydrogen-bond donors (Lipinski definition) is 0. The van der Waals surface area contributed by atoms with Crippen molar-refractivity contribution in [3.8, 4) is 0 Å². The van der Waals surface area contributed by atoms with Crippen molar-refractivity contribution in [2.45, 2.75) is 39.7 Å². The lowest BCUT2D eigenvalue weighted by molar-refractivity contribution is 0.0505. The lowest BCUT2D eigenvalue weighted by atomic mass is 9.89. The van der Waals surface area contributed by atoms with E-state index in [0.717, 1.165) is 30.4 Å². The number of thiophene rings is 1. The van der Waals surface area contributed by atoms with E-state index in [1.54, 1.807) is 18.3 Å². The van der Waals surface area contributed by atoms with Crippen LogP contribution < -0.4 is 5.56 Å². The van der Waals surface area contributed by atoms with Gasteiger partial charge in [0.05, 0.1) is 18.5 Å². The van der Waals surface area contributed by atoms with E-state index in [0.29, 0.717) is 22.7 Å². The minimum atomic E-state index is -0.549. The maximum Gasteiger partial charge on any atom is 0.374 e. The van der Waals surface area contributed by atoms with Crippen LogP contribution in [0.1, 0.15) is 46.9 Å². The third kappa shape index (κ3) is 3.30. The van der Waals surface area contributed by atoms with Gasteiger partial charge < -0.3 is 4.74 Å². The maximum atomic E-state index is 13.4. The molecule has 0 N–H and O–H groups in total. The van der Waals surface area contributed by atoms with Crippen LogP contribution in [-0.4, -0.2) is 22.1 Å². The molecule has 0 fully saturated rings. The SMILES string of the molecule is CCOC(=O)c1nc2sc3c(c2c(=O)n1Cc1ccccc1)CCC(C)C3. The number of esters is 1. The number of carbonyl (C=O) groups excluding carboxylic acids is 1. The van der Waals surface area contributed by atoms with Crippen molar-refractivity contribution in [1.82, 2.24) is 9.55 Å². The highest BCUT2D eigenvalue weighted by Crippen LogP contribution is 2.35. The first-order valence-electron chi connectivity index (χ1n) is 9.34. The van der Waals surface area contributed by atoms with Gasteiger partial charge in [-0.15, -0.1) is 11.3 Å². The summed E-state index contributed by atoms with van der Waals surface area (Å²) in [5.41, 5.74) is 1.94. The molecule has 1 unspecified atom stereocenters. The van der Waals surface area contributed by atoms with Crippen molar-refractivity contribution in [2.75, 3.05) is 6.61 Å². The van der Waals surface area contributed by atoms with E-state index in [9.17, 15) is 9.59 Å². The third-order valence-electron chi connectivity index (χ3n) is 5.06. The molecule has 0 spiro atoms. The number of nitrogens with zero attached hydrogens (tertiary/aromatic N) is 2. The fourth-order valence-corrected chi connectivity index (χ4v) is 5.06. The molecular formula is C21H22N2O3S. The summed E-state index contributed by atoms with van der Waals surface area (Å²) in [6, 6.07) is 9.65. The van der Waals surface area contributed by atoms with Crippen LogP contribution in [0.5, 0.6) is 0 Å². The van der Waals surface area contributed by atoms with Crippen molar-refractivity contribution in [3.63, 3.8) is 0 Å². The number of ether oxygens (including phenoxy) is 1. The maximum absolute atomic E-state index is 13.4. The van der Waals surface area contributed by atoms with Gasteiger partial charge in [0.2, 0.25) is 5.82 Å². The molecule has 0 radical (unpaired) electrons. The monoisotopic (exact) mass is 382 g/mol. The molecule has 0 amide bonds. The Labute approximate surface area is 161 Å². The number of carbonyl (C=O) groups is 1. The Balaban J connectivity index is 1.92. The molecule has 0 bridgehead atoms. The molecule has 1 aliphatic carbocycles. The second-order valence-electron chi connectivity index (χ2n) is 7.06. The van der Waals surface area contributed by atoms with E-state index in [-0.39, 0.29) is 18.0 Å². The summed E-state index contributed by atoms with van der Waals surface area (Å²) in [6.07, 6.45) is 2.96. The summed E-state index contributed by atoms with van der Waals surface area (Å²) in [7, 11) is 0. The Kier molecular flexibility index (Phi) is 4.83. The van der Waals surface area contributed by atoms with Crippen LogP contribution >= 0.6 is 11.3 Å². The van der Waals surface area contributed by atoms with Crippen LogP contribution in [0.3, 0.4) is 0 Å². The van der Waals surface area contributed by atoms with E-state index >= 15 is 0 Å². The van der Waals surface area contributed by atoms with Crippen molar-refractivity contribution in [1.29, 1.82) is 0 Å². The molecule has 4 rings (SSSR count). The summed E-state index contributed by atoms with van der Waals surface area (Å²) in [6.45, 7) is 4.54. The highest BCUT2D eigenvalue weighted by Gasteiger charge is 2.26. The second-order valence-corrected chi connectivity index (χ2v) is 8.15. The number of benzene rings is 1. The molecule has 0 saturated carbocycles. The summed E-state index contributed by atoms with van der Waals surface area (Å²) < 4.78 is 6.65. The molecular weight excluding hydrogens is 360 g/mol. The zero-order valence-corrected chi connectivity index (χ0v) is 16.3. The first-order valence-corrected chi connectivity index (χ1v) is 10.2. The van der Waals surface area contributed by atoms with Gasteiger partial charge in [0, 0.05) is 4.88 Å². The van der Waals surface area contributed by atoms with E-state index in [4.69, 9.17) is 4.74 Å². The lowest BCUT2D eigenvalue weighted by Crippen LogP contribution is -2.29. The Morgan fingerprint density at radius 3 is 2.85 bits per heavy atom. The molecule has 3 aromatic rings. The molecule has 27 heavy (non-hydrogen) atoms. The second kappa shape index (κ2) is 7.27. The third-order valence-corrected chi connectivity index (χ3v) is 6.20. The first-order chi connectivity index (χ1) is 13.1. The van der Waals surface area contributed by atoms with Crippen molar-refractivity contribution >= 4 is 27.5 Å². The van der Waals surface area contributed by atoms with Gasteiger partial charge >= 0.3 is 5.97 Å². The number of aromatic nitrogens is 2.